The summed E-state index contributed by atoms with van der Waals surface area (Å²) < 4.78 is 5.42. The van der Waals surface area contributed by atoms with Gasteiger partial charge in [0.15, 0.2) is 0 Å². The summed E-state index contributed by atoms with van der Waals surface area (Å²) in [4.78, 5) is 2.44. The Morgan fingerprint density at radius 3 is 3.00 bits per heavy atom. The van der Waals surface area contributed by atoms with Gasteiger partial charge in [0, 0.05) is 25.9 Å². The van der Waals surface area contributed by atoms with Gasteiger partial charge in [0.1, 0.15) is 0 Å². The molecular weight excluding hydrogens is 236 g/mol. The third kappa shape index (κ3) is 4.19. The number of hydrogen-bond acceptors (Lipinski definition) is 3. The van der Waals surface area contributed by atoms with Gasteiger partial charge in [-0.25, -0.2) is 0 Å². The van der Waals surface area contributed by atoms with Gasteiger partial charge in [0.25, 0.3) is 0 Å². The number of benzene rings is 1. The van der Waals surface area contributed by atoms with Gasteiger partial charge >= 0.3 is 0 Å². The molecule has 0 bridgehead atoms. The van der Waals surface area contributed by atoms with Gasteiger partial charge in [-0.15, -0.1) is 12.4 Å². The number of nitrogen functional groups attached to an aromatic ring is 1. The highest BCUT2D eigenvalue weighted by atomic mass is 35.5. The van der Waals surface area contributed by atoms with Gasteiger partial charge in [0.2, 0.25) is 0 Å². The highest BCUT2D eigenvalue weighted by Gasteiger charge is 2.19. The van der Waals surface area contributed by atoms with Crippen LogP contribution in [0.25, 0.3) is 0 Å². The maximum atomic E-state index is 5.77. The number of piperidine rings is 1. The first-order valence-electron chi connectivity index (χ1n) is 5.87. The highest BCUT2D eigenvalue weighted by Crippen LogP contribution is 2.16. The summed E-state index contributed by atoms with van der Waals surface area (Å²) in [6, 6.07) is 8.13. The summed E-state index contributed by atoms with van der Waals surface area (Å²) in [6.07, 6.45) is 2.81. The van der Waals surface area contributed by atoms with Crippen molar-refractivity contribution in [3.63, 3.8) is 0 Å². The van der Waals surface area contributed by atoms with Crippen molar-refractivity contribution < 1.29 is 4.74 Å². The van der Waals surface area contributed by atoms with Crippen LogP contribution in [0.1, 0.15) is 18.4 Å². The molecule has 1 aromatic carbocycles. The quantitative estimate of drug-likeness (QED) is 0.844. The molecule has 1 aliphatic heterocycles. The number of halogens is 1. The fourth-order valence-corrected chi connectivity index (χ4v) is 2.30. The van der Waals surface area contributed by atoms with Gasteiger partial charge in [-0.2, -0.15) is 0 Å². The van der Waals surface area contributed by atoms with Gasteiger partial charge in [-0.3, -0.25) is 4.90 Å². The van der Waals surface area contributed by atoms with E-state index in [1.54, 1.807) is 7.11 Å². The number of nitrogens with zero attached hydrogens (tertiary/aromatic N) is 1. The van der Waals surface area contributed by atoms with Crippen LogP contribution in [0.3, 0.4) is 0 Å². The summed E-state index contributed by atoms with van der Waals surface area (Å²) in [5, 5.41) is 0. The lowest BCUT2D eigenvalue weighted by molar-refractivity contribution is 0.0285. The molecule has 0 spiro atoms. The molecule has 1 atom stereocenters. The van der Waals surface area contributed by atoms with Crippen LogP contribution < -0.4 is 5.73 Å². The number of anilines is 1. The lowest BCUT2D eigenvalue weighted by atomic mass is 10.1. The molecule has 2 N–H and O–H groups in total. The minimum Gasteiger partial charge on any atom is -0.399 e. The minimum absolute atomic E-state index is 0. The molecule has 0 aromatic heterocycles. The van der Waals surface area contributed by atoms with Crippen molar-refractivity contribution in [1.29, 1.82) is 0 Å². The van der Waals surface area contributed by atoms with Crippen molar-refractivity contribution in [2.75, 3.05) is 25.9 Å². The molecule has 4 heteroatoms. The number of rotatable bonds is 3. The third-order valence-electron chi connectivity index (χ3n) is 3.15. The topological polar surface area (TPSA) is 38.5 Å². The molecule has 2 rings (SSSR count). The van der Waals surface area contributed by atoms with Crippen LogP contribution >= 0.6 is 12.4 Å². The van der Waals surface area contributed by atoms with Crippen LogP contribution in [0.5, 0.6) is 0 Å². The molecule has 96 valence electrons. The van der Waals surface area contributed by atoms with E-state index in [2.05, 4.69) is 17.0 Å². The average Bonchev–Trinajstić information content (AvgIpc) is 2.29. The summed E-state index contributed by atoms with van der Waals surface area (Å²) in [5.74, 6) is 0. The van der Waals surface area contributed by atoms with Gasteiger partial charge in [-0.05, 0) is 37.1 Å². The number of methoxy groups -OCH3 is 1. The predicted octanol–water partition coefficient (Wildman–Crippen LogP) is 2.30. The van der Waals surface area contributed by atoms with Crippen molar-refractivity contribution in [2.24, 2.45) is 0 Å². The number of hydrogen-bond donors (Lipinski definition) is 1. The van der Waals surface area contributed by atoms with Gasteiger partial charge in [-0.1, -0.05) is 12.1 Å². The van der Waals surface area contributed by atoms with Crippen molar-refractivity contribution in [3.8, 4) is 0 Å². The largest absolute Gasteiger partial charge is 0.399 e. The molecule has 1 heterocycles. The summed E-state index contributed by atoms with van der Waals surface area (Å²) >= 11 is 0. The Labute approximate surface area is 109 Å². The molecule has 1 fully saturated rings. The Kier molecular flexibility index (Phi) is 5.75. The first kappa shape index (κ1) is 14.3. The molecule has 1 aliphatic rings. The zero-order chi connectivity index (χ0) is 11.4. The van der Waals surface area contributed by atoms with Crippen molar-refractivity contribution >= 4 is 18.1 Å². The first-order valence-corrected chi connectivity index (χ1v) is 5.87. The number of ether oxygens (including phenoxy) is 1. The smallest absolute Gasteiger partial charge is 0.0698 e. The SMILES string of the molecule is COC1CCCN(Cc2cccc(N)c2)C1.Cl. The molecule has 1 saturated heterocycles. The van der Waals surface area contributed by atoms with Crippen LogP contribution in [0.4, 0.5) is 5.69 Å². The average molecular weight is 257 g/mol. The Hall–Kier alpha value is -0.770. The van der Waals surface area contributed by atoms with E-state index >= 15 is 0 Å². The zero-order valence-electron chi connectivity index (χ0n) is 10.3. The first-order chi connectivity index (χ1) is 7.78. The van der Waals surface area contributed by atoms with E-state index in [9.17, 15) is 0 Å². The monoisotopic (exact) mass is 256 g/mol. The molecule has 0 saturated carbocycles. The summed E-state index contributed by atoms with van der Waals surface area (Å²) in [7, 11) is 1.80. The molecule has 0 radical (unpaired) electrons. The highest BCUT2D eigenvalue weighted by molar-refractivity contribution is 5.85. The molecular formula is C13H21ClN2O. The Morgan fingerprint density at radius 2 is 2.29 bits per heavy atom. The second-order valence-electron chi connectivity index (χ2n) is 4.48. The molecule has 0 aliphatic carbocycles. The lowest BCUT2D eigenvalue weighted by Crippen LogP contribution is -2.38. The Bertz CT molecular complexity index is 346. The fourth-order valence-electron chi connectivity index (χ4n) is 2.30. The summed E-state index contributed by atoms with van der Waals surface area (Å²) in [6.45, 7) is 3.17. The lowest BCUT2D eigenvalue weighted by Gasteiger charge is -2.31. The molecule has 1 unspecified atom stereocenters. The van der Waals surface area contributed by atoms with Crippen LogP contribution in [0.15, 0.2) is 24.3 Å². The van der Waals surface area contributed by atoms with Crippen LogP contribution in [0, 0.1) is 0 Å². The van der Waals surface area contributed by atoms with E-state index in [4.69, 9.17) is 10.5 Å². The zero-order valence-corrected chi connectivity index (χ0v) is 11.1. The van der Waals surface area contributed by atoms with E-state index in [1.807, 2.05) is 12.1 Å². The molecule has 3 nitrogen and oxygen atoms in total. The van der Waals surface area contributed by atoms with E-state index < -0.39 is 0 Å². The van der Waals surface area contributed by atoms with Crippen molar-refractivity contribution in [1.82, 2.24) is 4.90 Å². The predicted molar refractivity (Wildman–Crippen MR) is 73.4 cm³/mol. The maximum Gasteiger partial charge on any atom is 0.0698 e. The molecule has 0 amide bonds. The number of likely N-dealkylation sites (tertiary alicyclic amines) is 1. The Balaban J connectivity index is 0.00000144. The molecule has 17 heavy (non-hydrogen) atoms. The second kappa shape index (κ2) is 6.84. The maximum absolute atomic E-state index is 5.77. The van der Waals surface area contributed by atoms with Gasteiger partial charge < -0.3 is 10.5 Å². The summed E-state index contributed by atoms with van der Waals surface area (Å²) in [5.41, 5.74) is 7.91. The standard InChI is InChI=1S/C13H20N2O.ClH/c1-16-13-6-3-7-15(10-13)9-11-4-2-5-12(14)8-11;/h2,4-5,8,13H,3,6-7,9-10,14H2,1H3;1H. The minimum atomic E-state index is 0. The fraction of sp³-hybridized carbons (Fsp3) is 0.538. The number of nitrogens with two attached hydrogens (primary N) is 1. The van der Waals surface area contributed by atoms with Crippen molar-refractivity contribution in [3.05, 3.63) is 29.8 Å². The van der Waals surface area contributed by atoms with Gasteiger partial charge in [0.05, 0.1) is 6.10 Å². The van der Waals surface area contributed by atoms with E-state index in [-0.39, 0.29) is 12.4 Å². The van der Waals surface area contributed by atoms with Crippen molar-refractivity contribution in [2.45, 2.75) is 25.5 Å². The Morgan fingerprint density at radius 1 is 1.47 bits per heavy atom. The van der Waals surface area contributed by atoms with E-state index in [1.165, 1.54) is 18.4 Å². The second-order valence-corrected chi connectivity index (χ2v) is 4.48. The third-order valence-corrected chi connectivity index (χ3v) is 3.15. The van der Waals surface area contributed by atoms with E-state index in [0.717, 1.165) is 25.3 Å². The van der Waals surface area contributed by atoms with Crippen LogP contribution in [-0.2, 0) is 11.3 Å². The van der Waals surface area contributed by atoms with Crippen LogP contribution in [0.2, 0.25) is 0 Å². The van der Waals surface area contributed by atoms with E-state index in [0.29, 0.717) is 6.10 Å². The molecule has 1 aromatic rings. The normalized spacial score (nSPS) is 20.9. The van der Waals surface area contributed by atoms with Crippen LogP contribution in [-0.4, -0.2) is 31.2 Å².